The average molecular weight is 255 g/mol. The monoisotopic (exact) mass is 255 g/mol. The van der Waals surface area contributed by atoms with Crippen LogP contribution in [0.1, 0.15) is 5.56 Å². The SMILES string of the molecule is O=C(Nc1cccc2c1OCC2)Oc1ccccc1. The van der Waals surface area contributed by atoms with Crippen molar-refractivity contribution in [2.24, 2.45) is 0 Å². The molecule has 0 unspecified atom stereocenters. The molecule has 0 spiro atoms. The number of para-hydroxylation sites is 2. The smallest absolute Gasteiger partial charge is 0.417 e. The zero-order valence-electron chi connectivity index (χ0n) is 10.3. The highest BCUT2D eigenvalue weighted by molar-refractivity contribution is 5.88. The van der Waals surface area contributed by atoms with Crippen molar-refractivity contribution in [3.8, 4) is 11.5 Å². The molecule has 4 nitrogen and oxygen atoms in total. The van der Waals surface area contributed by atoms with E-state index in [1.54, 1.807) is 18.2 Å². The third kappa shape index (κ3) is 2.52. The van der Waals surface area contributed by atoms with Crippen LogP contribution in [0.2, 0.25) is 0 Å². The van der Waals surface area contributed by atoms with E-state index in [2.05, 4.69) is 5.32 Å². The Bertz CT molecular complexity index is 596. The van der Waals surface area contributed by atoms with Crippen molar-refractivity contribution < 1.29 is 14.3 Å². The van der Waals surface area contributed by atoms with Gasteiger partial charge in [-0.1, -0.05) is 30.3 Å². The Morgan fingerprint density at radius 3 is 2.79 bits per heavy atom. The van der Waals surface area contributed by atoms with Crippen molar-refractivity contribution in [2.45, 2.75) is 6.42 Å². The molecule has 0 atom stereocenters. The number of anilines is 1. The van der Waals surface area contributed by atoms with Crippen molar-refractivity contribution in [3.63, 3.8) is 0 Å². The first-order valence-corrected chi connectivity index (χ1v) is 6.11. The Labute approximate surface area is 111 Å². The summed E-state index contributed by atoms with van der Waals surface area (Å²) in [5.41, 5.74) is 1.76. The largest absolute Gasteiger partial charge is 0.491 e. The van der Waals surface area contributed by atoms with Gasteiger partial charge in [0, 0.05) is 6.42 Å². The van der Waals surface area contributed by atoms with E-state index < -0.39 is 6.09 Å². The van der Waals surface area contributed by atoms with Crippen LogP contribution in [0.15, 0.2) is 48.5 Å². The summed E-state index contributed by atoms with van der Waals surface area (Å²) >= 11 is 0. The van der Waals surface area contributed by atoms with E-state index in [-0.39, 0.29) is 0 Å². The predicted octanol–water partition coefficient (Wildman–Crippen LogP) is 3.23. The van der Waals surface area contributed by atoms with E-state index in [1.165, 1.54) is 0 Å². The number of benzene rings is 2. The van der Waals surface area contributed by atoms with Crippen LogP contribution in [0.5, 0.6) is 11.5 Å². The summed E-state index contributed by atoms with van der Waals surface area (Å²) in [5.74, 6) is 1.25. The van der Waals surface area contributed by atoms with Crippen molar-refractivity contribution in [1.29, 1.82) is 0 Å². The van der Waals surface area contributed by atoms with E-state index in [1.807, 2.05) is 30.3 Å². The first kappa shape index (κ1) is 11.6. The molecule has 2 aromatic rings. The van der Waals surface area contributed by atoms with E-state index >= 15 is 0 Å². The first-order chi connectivity index (χ1) is 9.33. The minimum atomic E-state index is -0.518. The lowest BCUT2D eigenvalue weighted by Gasteiger charge is -2.09. The molecule has 0 radical (unpaired) electrons. The van der Waals surface area contributed by atoms with Crippen LogP contribution in [0.4, 0.5) is 10.5 Å². The van der Waals surface area contributed by atoms with Gasteiger partial charge >= 0.3 is 6.09 Å². The Morgan fingerprint density at radius 1 is 1.11 bits per heavy atom. The summed E-state index contributed by atoms with van der Waals surface area (Å²) in [6.45, 7) is 0.655. The van der Waals surface area contributed by atoms with Gasteiger partial charge in [0.05, 0.1) is 12.3 Å². The lowest BCUT2D eigenvalue weighted by Crippen LogP contribution is -2.17. The number of nitrogens with one attached hydrogen (secondary N) is 1. The van der Waals surface area contributed by atoms with Gasteiger partial charge in [-0.05, 0) is 23.8 Å². The molecule has 0 aromatic heterocycles. The van der Waals surface area contributed by atoms with Crippen molar-refractivity contribution in [1.82, 2.24) is 0 Å². The number of hydrogen-bond donors (Lipinski definition) is 1. The van der Waals surface area contributed by atoms with E-state index in [0.717, 1.165) is 17.7 Å². The summed E-state index contributed by atoms with van der Waals surface area (Å²) in [5, 5.41) is 2.70. The molecule has 0 fully saturated rings. The Morgan fingerprint density at radius 2 is 1.95 bits per heavy atom. The summed E-state index contributed by atoms with van der Waals surface area (Å²) in [7, 11) is 0. The molecule has 1 amide bonds. The number of fused-ring (bicyclic) bond motifs is 1. The number of amides is 1. The van der Waals surface area contributed by atoms with E-state index in [9.17, 15) is 4.79 Å². The average Bonchev–Trinajstić information content (AvgIpc) is 2.89. The maximum absolute atomic E-state index is 11.8. The molecule has 1 aliphatic rings. The highest BCUT2D eigenvalue weighted by atomic mass is 16.6. The second-order valence-electron chi connectivity index (χ2n) is 4.22. The van der Waals surface area contributed by atoms with Crippen molar-refractivity contribution in [2.75, 3.05) is 11.9 Å². The highest BCUT2D eigenvalue weighted by Crippen LogP contribution is 2.33. The van der Waals surface area contributed by atoms with Gasteiger partial charge in [-0.2, -0.15) is 0 Å². The molecule has 0 aliphatic carbocycles. The highest BCUT2D eigenvalue weighted by Gasteiger charge is 2.17. The third-order valence-electron chi connectivity index (χ3n) is 2.90. The molecule has 0 bridgehead atoms. The van der Waals surface area contributed by atoms with Gasteiger partial charge in [-0.3, -0.25) is 5.32 Å². The molecule has 19 heavy (non-hydrogen) atoms. The van der Waals surface area contributed by atoms with Gasteiger partial charge < -0.3 is 9.47 Å². The second kappa shape index (κ2) is 5.02. The Hall–Kier alpha value is -2.49. The molecule has 1 heterocycles. The minimum Gasteiger partial charge on any atom is -0.491 e. The van der Waals surface area contributed by atoms with Crippen LogP contribution < -0.4 is 14.8 Å². The third-order valence-corrected chi connectivity index (χ3v) is 2.90. The lowest BCUT2D eigenvalue weighted by molar-refractivity contribution is 0.215. The van der Waals surface area contributed by atoms with E-state index in [0.29, 0.717) is 18.0 Å². The van der Waals surface area contributed by atoms with Crippen molar-refractivity contribution >= 4 is 11.8 Å². The normalized spacial score (nSPS) is 12.4. The molecule has 0 saturated heterocycles. The van der Waals surface area contributed by atoms with Gasteiger partial charge in [0.15, 0.2) is 0 Å². The van der Waals surface area contributed by atoms with Crippen molar-refractivity contribution in [3.05, 3.63) is 54.1 Å². The fraction of sp³-hybridized carbons (Fsp3) is 0.133. The fourth-order valence-electron chi connectivity index (χ4n) is 2.04. The molecular formula is C15H13NO3. The molecular weight excluding hydrogens is 242 g/mol. The lowest BCUT2D eigenvalue weighted by atomic mass is 10.1. The standard InChI is InChI=1S/C15H13NO3/c17-15(19-12-6-2-1-3-7-12)16-13-8-4-5-11-9-10-18-14(11)13/h1-8H,9-10H2,(H,16,17). The van der Waals surface area contributed by atoms with Crippen LogP contribution in [0, 0.1) is 0 Å². The second-order valence-corrected chi connectivity index (χ2v) is 4.22. The number of carbonyl (C=O) groups excluding carboxylic acids is 1. The fourth-order valence-corrected chi connectivity index (χ4v) is 2.04. The van der Waals surface area contributed by atoms with Gasteiger partial charge in [0.25, 0.3) is 0 Å². The molecule has 3 rings (SSSR count). The van der Waals surface area contributed by atoms with Gasteiger partial charge in [-0.25, -0.2) is 4.79 Å². The molecule has 96 valence electrons. The summed E-state index contributed by atoms with van der Waals surface area (Å²) in [6.07, 6.45) is 0.355. The zero-order chi connectivity index (χ0) is 13.1. The number of hydrogen-bond acceptors (Lipinski definition) is 3. The van der Waals surface area contributed by atoms with Crippen LogP contribution in [0.3, 0.4) is 0 Å². The van der Waals surface area contributed by atoms with Gasteiger partial charge in [-0.15, -0.1) is 0 Å². The number of rotatable bonds is 2. The molecule has 4 heteroatoms. The number of ether oxygens (including phenoxy) is 2. The topological polar surface area (TPSA) is 47.6 Å². The van der Waals surface area contributed by atoms with Crippen LogP contribution >= 0.6 is 0 Å². The maximum atomic E-state index is 11.8. The molecule has 2 aromatic carbocycles. The summed E-state index contributed by atoms with van der Waals surface area (Å²) in [6, 6.07) is 14.6. The molecule has 1 aliphatic heterocycles. The predicted molar refractivity (Wildman–Crippen MR) is 71.7 cm³/mol. The van der Waals surface area contributed by atoms with Crippen LogP contribution in [-0.2, 0) is 6.42 Å². The Kier molecular flexibility index (Phi) is 3.06. The van der Waals surface area contributed by atoms with Gasteiger partial charge in [0.1, 0.15) is 11.5 Å². The maximum Gasteiger partial charge on any atom is 0.417 e. The zero-order valence-corrected chi connectivity index (χ0v) is 10.3. The van der Waals surface area contributed by atoms with Crippen LogP contribution in [0.25, 0.3) is 0 Å². The first-order valence-electron chi connectivity index (χ1n) is 6.11. The van der Waals surface area contributed by atoms with E-state index in [4.69, 9.17) is 9.47 Å². The number of carbonyl (C=O) groups is 1. The minimum absolute atomic E-state index is 0.508. The van der Waals surface area contributed by atoms with Gasteiger partial charge in [0.2, 0.25) is 0 Å². The molecule has 1 N–H and O–H groups in total. The summed E-state index contributed by atoms with van der Waals surface area (Å²) < 4.78 is 10.7. The quantitative estimate of drug-likeness (QED) is 0.896. The van der Waals surface area contributed by atoms with Crippen LogP contribution in [-0.4, -0.2) is 12.7 Å². The molecule has 0 saturated carbocycles. The summed E-state index contributed by atoms with van der Waals surface area (Å²) in [4.78, 5) is 11.8. The Balaban J connectivity index is 1.72.